The molecule has 0 aliphatic heterocycles. The molecule has 0 saturated carbocycles. The van der Waals surface area contributed by atoms with Crippen LogP contribution in [0.25, 0.3) is 0 Å². The van der Waals surface area contributed by atoms with Crippen LogP contribution in [0.2, 0.25) is 0 Å². The summed E-state index contributed by atoms with van der Waals surface area (Å²) in [4.78, 5) is 4.22. The zero-order valence-corrected chi connectivity index (χ0v) is 10.0. The van der Waals surface area contributed by atoms with Crippen molar-refractivity contribution in [2.75, 3.05) is 19.0 Å². The maximum Gasteiger partial charge on any atom is 0.0639 e. The number of methoxy groups -OCH3 is 1. The molecule has 1 heterocycles. The second-order valence-electron chi connectivity index (χ2n) is 4.28. The predicted octanol–water partition coefficient (Wildman–Crippen LogP) is 2.62. The molecule has 3 heteroatoms. The number of hydrogen-bond acceptors (Lipinski definition) is 3. The minimum absolute atomic E-state index is 0.0664. The van der Waals surface area contributed by atoms with Gasteiger partial charge in [-0.1, -0.05) is 0 Å². The van der Waals surface area contributed by atoms with Gasteiger partial charge in [-0.05, 0) is 39.3 Å². The monoisotopic (exact) mass is 208 g/mol. The largest absolute Gasteiger partial charge is 0.383 e. The van der Waals surface area contributed by atoms with E-state index in [0.29, 0.717) is 0 Å². The van der Waals surface area contributed by atoms with E-state index in [2.05, 4.69) is 24.1 Å². The van der Waals surface area contributed by atoms with Crippen LogP contribution < -0.4 is 5.32 Å². The smallest absolute Gasteiger partial charge is 0.0639 e. The minimum Gasteiger partial charge on any atom is -0.383 e. The van der Waals surface area contributed by atoms with Gasteiger partial charge in [-0.2, -0.15) is 0 Å². The normalized spacial score (nSPS) is 11.5. The van der Waals surface area contributed by atoms with Gasteiger partial charge in [0.2, 0.25) is 0 Å². The first kappa shape index (κ1) is 12.0. The molecular formula is C12H20N2O. The lowest BCUT2D eigenvalue weighted by molar-refractivity contribution is 0.0185. The maximum absolute atomic E-state index is 5.35. The Hall–Kier alpha value is -1.09. The Bertz CT molecular complexity index is 310. The number of anilines is 1. The number of aromatic nitrogens is 1. The summed E-state index contributed by atoms with van der Waals surface area (Å²) in [6.07, 6.45) is 2.78. The molecular weight excluding hydrogens is 188 g/mol. The summed E-state index contributed by atoms with van der Waals surface area (Å²) >= 11 is 0. The Morgan fingerprint density at radius 2 is 2.20 bits per heavy atom. The number of nitrogens with zero attached hydrogens (tertiary/aromatic N) is 1. The Morgan fingerprint density at radius 1 is 1.47 bits per heavy atom. The second kappa shape index (κ2) is 5.12. The Kier molecular flexibility index (Phi) is 4.09. The summed E-state index contributed by atoms with van der Waals surface area (Å²) in [6, 6.07) is 3.99. The minimum atomic E-state index is -0.0664. The summed E-state index contributed by atoms with van der Waals surface area (Å²) in [5.41, 5.74) is 2.07. The summed E-state index contributed by atoms with van der Waals surface area (Å²) in [5.74, 6) is 0. The molecule has 1 N–H and O–H groups in total. The van der Waals surface area contributed by atoms with Crippen LogP contribution in [-0.4, -0.2) is 24.2 Å². The SMILES string of the molecule is COC(C)(C)CCNc1cccnc1C. The van der Waals surface area contributed by atoms with Crippen LogP contribution in [0.5, 0.6) is 0 Å². The lowest BCUT2D eigenvalue weighted by Crippen LogP contribution is -2.25. The summed E-state index contributed by atoms with van der Waals surface area (Å²) in [7, 11) is 1.75. The van der Waals surface area contributed by atoms with E-state index >= 15 is 0 Å². The van der Waals surface area contributed by atoms with Crippen molar-refractivity contribution in [2.24, 2.45) is 0 Å². The van der Waals surface area contributed by atoms with Crippen molar-refractivity contribution >= 4 is 5.69 Å². The lowest BCUT2D eigenvalue weighted by Gasteiger charge is -2.23. The number of rotatable bonds is 5. The summed E-state index contributed by atoms with van der Waals surface area (Å²) in [6.45, 7) is 7.08. The Labute approximate surface area is 91.9 Å². The molecule has 84 valence electrons. The molecule has 0 aliphatic carbocycles. The fraction of sp³-hybridized carbons (Fsp3) is 0.583. The van der Waals surface area contributed by atoms with Crippen molar-refractivity contribution in [3.8, 4) is 0 Å². The van der Waals surface area contributed by atoms with E-state index in [1.165, 1.54) is 0 Å². The van der Waals surface area contributed by atoms with Crippen molar-refractivity contribution in [1.29, 1.82) is 0 Å². The second-order valence-corrected chi connectivity index (χ2v) is 4.28. The Balaban J connectivity index is 2.42. The third-order valence-electron chi connectivity index (χ3n) is 2.60. The standard InChI is InChI=1S/C12H20N2O/c1-10-11(6-5-8-13-10)14-9-7-12(2,3)15-4/h5-6,8,14H,7,9H2,1-4H3. The first-order valence-electron chi connectivity index (χ1n) is 5.26. The van der Waals surface area contributed by atoms with Crippen LogP contribution in [0.4, 0.5) is 5.69 Å². The third kappa shape index (κ3) is 3.88. The van der Waals surface area contributed by atoms with Crippen molar-refractivity contribution in [1.82, 2.24) is 4.98 Å². The van der Waals surface area contributed by atoms with Crippen LogP contribution in [0.1, 0.15) is 26.0 Å². The highest BCUT2D eigenvalue weighted by Crippen LogP contribution is 2.15. The molecule has 0 aromatic carbocycles. The topological polar surface area (TPSA) is 34.1 Å². The highest BCUT2D eigenvalue weighted by Gasteiger charge is 2.15. The van der Waals surface area contributed by atoms with Crippen LogP contribution >= 0.6 is 0 Å². The fourth-order valence-corrected chi connectivity index (χ4v) is 1.27. The maximum atomic E-state index is 5.35. The van der Waals surface area contributed by atoms with E-state index in [0.717, 1.165) is 24.3 Å². The van der Waals surface area contributed by atoms with Crippen molar-refractivity contribution in [2.45, 2.75) is 32.8 Å². The molecule has 0 fully saturated rings. The van der Waals surface area contributed by atoms with Crippen LogP contribution in [0, 0.1) is 6.92 Å². The van der Waals surface area contributed by atoms with Crippen LogP contribution in [0.15, 0.2) is 18.3 Å². The van der Waals surface area contributed by atoms with Gasteiger partial charge < -0.3 is 10.1 Å². The zero-order chi connectivity index (χ0) is 11.3. The molecule has 0 saturated heterocycles. The van der Waals surface area contributed by atoms with Gasteiger partial charge in [0.15, 0.2) is 0 Å². The quantitative estimate of drug-likeness (QED) is 0.807. The van der Waals surface area contributed by atoms with E-state index in [1.54, 1.807) is 13.3 Å². The molecule has 0 amide bonds. The van der Waals surface area contributed by atoms with Crippen molar-refractivity contribution < 1.29 is 4.74 Å². The summed E-state index contributed by atoms with van der Waals surface area (Å²) in [5, 5.41) is 3.36. The number of nitrogens with one attached hydrogen (secondary N) is 1. The molecule has 0 atom stereocenters. The molecule has 1 aromatic rings. The fourth-order valence-electron chi connectivity index (χ4n) is 1.27. The molecule has 15 heavy (non-hydrogen) atoms. The Morgan fingerprint density at radius 3 is 2.80 bits per heavy atom. The number of aryl methyl sites for hydroxylation is 1. The van der Waals surface area contributed by atoms with Crippen LogP contribution in [0.3, 0.4) is 0 Å². The highest BCUT2D eigenvalue weighted by atomic mass is 16.5. The molecule has 1 rings (SSSR count). The van der Waals surface area contributed by atoms with Gasteiger partial charge in [0.05, 0.1) is 17.0 Å². The van der Waals surface area contributed by atoms with Gasteiger partial charge in [-0.15, -0.1) is 0 Å². The first-order chi connectivity index (χ1) is 7.05. The average molecular weight is 208 g/mol. The molecule has 0 spiro atoms. The first-order valence-corrected chi connectivity index (χ1v) is 5.26. The highest BCUT2D eigenvalue weighted by molar-refractivity contribution is 5.46. The van der Waals surface area contributed by atoms with Crippen LogP contribution in [-0.2, 0) is 4.74 Å². The number of pyridine rings is 1. The third-order valence-corrected chi connectivity index (χ3v) is 2.60. The van der Waals surface area contributed by atoms with Gasteiger partial charge in [-0.25, -0.2) is 0 Å². The van der Waals surface area contributed by atoms with E-state index in [4.69, 9.17) is 4.74 Å². The van der Waals surface area contributed by atoms with Gasteiger partial charge in [0.25, 0.3) is 0 Å². The van der Waals surface area contributed by atoms with Gasteiger partial charge in [-0.3, -0.25) is 4.98 Å². The lowest BCUT2D eigenvalue weighted by atomic mass is 10.1. The van der Waals surface area contributed by atoms with E-state index in [9.17, 15) is 0 Å². The van der Waals surface area contributed by atoms with Gasteiger partial charge >= 0.3 is 0 Å². The van der Waals surface area contributed by atoms with E-state index in [-0.39, 0.29) is 5.60 Å². The molecule has 0 radical (unpaired) electrons. The van der Waals surface area contributed by atoms with E-state index < -0.39 is 0 Å². The number of ether oxygens (including phenoxy) is 1. The molecule has 3 nitrogen and oxygen atoms in total. The van der Waals surface area contributed by atoms with Crippen molar-refractivity contribution in [3.63, 3.8) is 0 Å². The van der Waals surface area contributed by atoms with Gasteiger partial charge in [0.1, 0.15) is 0 Å². The number of hydrogen-bond donors (Lipinski definition) is 1. The van der Waals surface area contributed by atoms with Crippen molar-refractivity contribution in [3.05, 3.63) is 24.0 Å². The molecule has 0 unspecified atom stereocenters. The van der Waals surface area contributed by atoms with Gasteiger partial charge in [0, 0.05) is 19.9 Å². The van der Waals surface area contributed by atoms with E-state index in [1.807, 2.05) is 19.1 Å². The molecule has 0 bridgehead atoms. The average Bonchev–Trinajstić information content (AvgIpc) is 2.21. The molecule has 0 aliphatic rings. The summed E-state index contributed by atoms with van der Waals surface area (Å²) < 4.78 is 5.35. The zero-order valence-electron chi connectivity index (χ0n) is 10.0. The molecule has 1 aromatic heterocycles. The predicted molar refractivity (Wildman–Crippen MR) is 63.2 cm³/mol.